The van der Waals surface area contributed by atoms with Crippen LogP contribution in [0.4, 0.5) is 4.79 Å². The summed E-state index contributed by atoms with van der Waals surface area (Å²) in [5.74, 6) is 0.246. The summed E-state index contributed by atoms with van der Waals surface area (Å²) >= 11 is 0. The third-order valence-electron chi connectivity index (χ3n) is 5.54. The van der Waals surface area contributed by atoms with E-state index >= 15 is 0 Å². The van der Waals surface area contributed by atoms with E-state index in [9.17, 15) is 9.59 Å². The maximum Gasteiger partial charge on any atom is 0.407 e. The Morgan fingerprint density at radius 1 is 1.22 bits per heavy atom. The van der Waals surface area contributed by atoms with Gasteiger partial charge >= 0.3 is 6.09 Å². The van der Waals surface area contributed by atoms with Crippen molar-refractivity contribution in [1.82, 2.24) is 10.2 Å². The molecule has 2 saturated carbocycles. The fourth-order valence-electron chi connectivity index (χ4n) is 4.42. The Bertz CT molecular complexity index is 504. The number of hydrogen-bond acceptors (Lipinski definition) is 4. The Morgan fingerprint density at radius 2 is 1.87 bits per heavy atom. The molecule has 23 heavy (non-hydrogen) atoms. The molecule has 0 spiro atoms. The summed E-state index contributed by atoms with van der Waals surface area (Å²) in [6, 6.07) is -0.0179. The highest BCUT2D eigenvalue weighted by Gasteiger charge is 2.57. The summed E-state index contributed by atoms with van der Waals surface area (Å²) in [4.78, 5) is 26.7. The molecule has 0 aromatic carbocycles. The minimum absolute atomic E-state index is 0.0179. The summed E-state index contributed by atoms with van der Waals surface area (Å²) in [7, 11) is 0. The van der Waals surface area contributed by atoms with Crippen LogP contribution in [0.15, 0.2) is 0 Å². The van der Waals surface area contributed by atoms with E-state index in [2.05, 4.69) is 5.32 Å². The lowest BCUT2D eigenvalue weighted by atomic mass is 9.82. The van der Waals surface area contributed by atoms with Gasteiger partial charge in [0.05, 0.1) is 11.5 Å². The zero-order chi connectivity index (χ0) is 16.9. The number of fused-ring (bicyclic) bond motifs is 2. The highest BCUT2D eigenvalue weighted by atomic mass is 16.6. The Hall–Kier alpha value is -1.30. The molecule has 3 aliphatic rings. The molecule has 2 aliphatic carbocycles. The maximum atomic E-state index is 13.0. The molecule has 1 saturated heterocycles. The first-order valence-corrected chi connectivity index (χ1v) is 8.69. The maximum absolute atomic E-state index is 13.0. The topological polar surface area (TPSA) is 84.7 Å². The standard InChI is InChI=1S/C17H29N3O3/c1-15(2,3)23-14(22)19-12-4-9-20(10-12)13(21)16-5-7-17(18,11-16)8-6-16/h12H,4-11,18H2,1-3H3,(H,19,22). The van der Waals surface area contributed by atoms with E-state index in [4.69, 9.17) is 10.5 Å². The van der Waals surface area contributed by atoms with Crippen LogP contribution < -0.4 is 11.1 Å². The van der Waals surface area contributed by atoms with Crippen molar-refractivity contribution in [2.75, 3.05) is 13.1 Å². The van der Waals surface area contributed by atoms with Gasteiger partial charge < -0.3 is 20.7 Å². The van der Waals surface area contributed by atoms with Crippen LogP contribution in [0.2, 0.25) is 0 Å². The number of carbonyl (C=O) groups is 2. The molecule has 1 heterocycles. The van der Waals surface area contributed by atoms with Gasteiger partial charge in [0.1, 0.15) is 5.60 Å². The second kappa shape index (κ2) is 5.36. The van der Waals surface area contributed by atoms with Crippen LogP contribution in [-0.2, 0) is 9.53 Å². The first-order chi connectivity index (χ1) is 10.6. The predicted octanol–water partition coefficient (Wildman–Crippen LogP) is 1.77. The molecular formula is C17H29N3O3. The van der Waals surface area contributed by atoms with Crippen LogP contribution in [0, 0.1) is 5.41 Å². The summed E-state index contributed by atoms with van der Waals surface area (Å²) in [6.07, 6.45) is 4.98. The second-order valence-electron chi connectivity index (χ2n) is 8.70. The molecule has 3 fully saturated rings. The fraction of sp³-hybridized carbons (Fsp3) is 0.882. The monoisotopic (exact) mass is 323 g/mol. The van der Waals surface area contributed by atoms with Crippen molar-refractivity contribution >= 4 is 12.0 Å². The molecule has 3 rings (SSSR count). The molecule has 1 atom stereocenters. The van der Waals surface area contributed by atoms with Gasteiger partial charge in [0.2, 0.25) is 5.91 Å². The highest BCUT2D eigenvalue weighted by Crippen LogP contribution is 2.56. The lowest BCUT2D eigenvalue weighted by Crippen LogP contribution is -2.44. The molecule has 0 aromatic heterocycles. The van der Waals surface area contributed by atoms with Gasteiger partial charge in [-0.3, -0.25) is 4.79 Å². The highest BCUT2D eigenvalue weighted by molar-refractivity contribution is 5.84. The van der Waals surface area contributed by atoms with Crippen LogP contribution in [0.25, 0.3) is 0 Å². The van der Waals surface area contributed by atoms with Crippen molar-refractivity contribution < 1.29 is 14.3 Å². The van der Waals surface area contributed by atoms with Crippen LogP contribution in [0.5, 0.6) is 0 Å². The number of amides is 2. The Kier molecular flexibility index (Phi) is 3.86. The number of nitrogens with one attached hydrogen (secondary N) is 1. The van der Waals surface area contributed by atoms with Crippen molar-refractivity contribution in [2.24, 2.45) is 11.1 Å². The molecule has 1 aliphatic heterocycles. The van der Waals surface area contributed by atoms with Crippen molar-refractivity contribution in [3.63, 3.8) is 0 Å². The van der Waals surface area contributed by atoms with Gasteiger partial charge in [-0.2, -0.15) is 0 Å². The number of alkyl carbamates (subject to hydrolysis) is 1. The number of nitrogens with two attached hydrogens (primary N) is 1. The van der Waals surface area contributed by atoms with Crippen molar-refractivity contribution in [1.29, 1.82) is 0 Å². The molecule has 6 heteroatoms. The average molecular weight is 323 g/mol. The molecule has 2 amide bonds. The minimum atomic E-state index is -0.505. The van der Waals surface area contributed by atoms with Crippen LogP contribution in [-0.4, -0.2) is 47.2 Å². The van der Waals surface area contributed by atoms with E-state index in [0.29, 0.717) is 13.1 Å². The quantitative estimate of drug-likeness (QED) is 0.811. The number of likely N-dealkylation sites (tertiary alicyclic amines) is 1. The molecule has 130 valence electrons. The van der Waals surface area contributed by atoms with Gasteiger partial charge in [-0.15, -0.1) is 0 Å². The van der Waals surface area contributed by atoms with Crippen molar-refractivity contribution in [2.45, 2.75) is 76.5 Å². The van der Waals surface area contributed by atoms with Gasteiger partial charge in [0, 0.05) is 18.6 Å². The number of carbonyl (C=O) groups excluding carboxylic acids is 2. The van der Waals surface area contributed by atoms with E-state index in [1.165, 1.54) is 0 Å². The van der Waals surface area contributed by atoms with Gasteiger partial charge in [-0.25, -0.2) is 4.79 Å². The third-order valence-corrected chi connectivity index (χ3v) is 5.54. The number of rotatable bonds is 2. The lowest BCUT2D eigenvalue weighted by molar-refractivity contribution is -0.140. The molecule has 0 aromatic rings. The predicted molar refractivity (Wildman–Crippen MR) is 86.8 cm³/mol. The van der Waals surface area contributed by atoms with E-state index in [-0.39, 0.29) is 22.9 Å². The van der Waals surface area contributed by atoms with Gasteiger partial charge in [0.25, 0.3) is 0 Å². The van der Waals surface area contributed by atoms with E-state index in [1.807, 2.05) is 25.7 Å². The summed E-state index contributed by atoms with van der Waals surface area (Å²) < 4.78 is 5.29. The van der Waals surface area contributed by atoms with Crippen LogP contribution in [0.1, 0.15) is 59.3 Å². The first kappa shape index (κ1) is 16.6. The lowest BCUT2D eigenvalue weighted by Gasteiger charge is -2.30. The smallest absolute Gasteiger partial charge is 0.407 e. The molecule has 1 unspecified atom stereocenters. The number of ether oxygens (including phenoxy) is 1. The minimum Gasteiger partial charge on any atom is -0.444 e. The summed E-state index contributed by atoms with van der Waals surface area (Å²) in [6.45, 7) is 6.82. The Balaban J connectivity index is 1.54. The Morgan fingerprint density at radius 3 is 2.39 bits per heavy atom. The van der Waals surface area contributed by atoms with Crippen molar-refractivity contribution in [3.8, 4) is 0 Å². The second-order valence-corrected chi connectivity index (χ2v) is 8.70. The van der Waals surface area contributed by atoms with E-state index in [1.54, 1.807) is 0 Å². The van der Waals surface area contributed by atoms with Gasteiger partial charge in [-0.05, 0) is 59.3 Å². The Labute approximate surface area is 138 Å². The first-order valence-electron chi connectivity index (χ1n) is 8.69. The van der Waals surface area contributed by atoms with E-state index in [0.717, 1.165) is 38.5 Å². The molecule has 2 bridgehead atoms. The fourth-order valence-corrected chi connectivity index (χ4v) is 4.42. The summed E-state index contributed by atoms with van der Waals surface area (Å²) in [5.41, 5.74) is 5.49. The van der Waals surface area contributed by atoms with Gasteiger partial charge in [-0.1, -0.05) is 0 Å². The van der Waals surface area contributed by atoms with Crippen molar-refractivity contribution in [3.05, 3.63) is 0 Å². The van der Waals surface area contributed by atoms with Gasteiger partial charge in [0.15, 0.2) is 0 Å². The molecule has 6 nitrogen and oxygen atoms in total. The molecule has 3 N–H and O–H groups in total. The third kappa shape index (κ3) is 3.32. The zero-order valence-corrected chi connectivity index (χ0v) is 14.5. The SMILES string of the molecule is CC(C)(C)OC(=O)NC1CCN(C(=O)C23CCC(N)(CC2)C3)C1. The van der Waals surface area contributed by atoms with E-state index < -0.39 is 11.7 Å². The normalized spacial score (nSPS) is 36.3. The average Bonchev–Trinajstić information content (AvgIpc) is 3.08. The molecular weight excluding hydrogens is 294 g/mol. The largest absolute Gasteiger partial charge is 0.444 e. The number of hydrogen-bond donors (Lipinski definition) is 2. The zero-order valence-electron chi connectivity index (χ0n) is 14.5. The van der Waals surface area contributed by atoms with Crippen LogP contribution >= 0.6 is 0 Å². The molecule has 0 radical (unpaired) electrons. The number of nitrogens with zero attached hydrogens (tertiary/aromatic N) is 1. The van der Waals surface area contributed by atoms with Crippen LogP contribution in [0.3, 0.4) is 0 Å². The summed E-state index contributed by atoms with van der Waals surface area (Å²) in [5, 5.41) is 2.88.